The maximum absolute atomic E-state index is 12.6. The van der Waals surface area contributed by atoms with Gasteiger partial charge in [-0.25, -0.2) is 8.42 Å². The number of aryl methyl sites for hydroxylation is 1. The first-order valence-electron chi connectivity index (χ1n) is 6.39. The summed E-state index contributed by atoms with van der Waals surface area (Å²) in [7, 11) is -3.44. The molecule has 102 valence electrons. The normalized spacial score (nSPS) is 21.9. The van der Waals surface area contributed by atoms with E-state index in [4.69, 9.17) is 0 Å². The van der Waals surface area contributed by atoms with Crippen LogP contribution in [0.2, 0.25) is 0 Å². The number of hydrogen-bond acceptors (Lipinski definition) is 2. The van der Waals surface area contributed by atoms with Crippen LogP contribution in [0.3, 0.4) is 0 Å². The van der Waals surface area contributed by atoms with Gasteiger partial charge in [-0.15, -0.1) is 0 Å². The van der Waals surface area contributed by atoms with Gasteiger partial charge in [-0.05, 0) is 37.5 Å². The Morgan fingerprint density at radius 1 is 1.32 bits per heavy atom. The molecule has 1 heterocycles. The van der Waals surface area contributed by atoms with E-state index in [1.54, 1.807) is 24.3 Å². The van der Waals surface area contributed by atoms with Crippen molar-refractivity contribution in [2.45, 2.75) is 25.2 Å². The van der Waals surface area contributed by atoms with E-state index < -0.39 is 10.0 Å². The van der Waals surface area contributed by atoms with Gasteiger partial charge in [0, 0.05) is 12.2 Å². The standard InChI is InChI=1S/C15H19NO2S/c1-4-5-15-13(3)10-11-16(15)19(17,18)14-8-6-12(2)7-9-14/h4-9,13H,1,10-11H2,2-3H3/b15-5+. The lowest BCUT2D eigenvalue weighted by Gasteiger charge is -2.21. The molecule has 4 heteroatoms. The summed E-state index contributed by atoms with van der Waals surface area (Å²) >= 11 is 0. The number of benzene rings is 1. The highest BCUT2D eigenvalue weighted by Gasteiger charge is 2.33. The molecule has 0 radical (unpaired) electrons. The summed E-state index contributed by atoms with van der Waals surface area (Å²) in [5.41, 5.74) is 1.88. The Bertz CT molecular complexity index is 600. The fourth-order valence-corrected chi connectivity index (χ4v) is 3.90. The average Bonchev–Trinajstić information content (AvgIpc) is 2.73. The lowest BCUT2D eigenvalue weighted by molar-refractivity contribution is 0.509. The molecule has 2 rings (SSSR count). The Hall–Kier alpha value is -1.55. The predicted octanol–water partition coefficient (Wildman–Crippen LogP) is 3.10. The van der Waals surface area contributed by atoms with Gasteiger partial charge in [-0.2, -0.15) is 0 Å². The van der Waals surface area contributed by atoms with Crippen LogP contribution in [0.4, 0.5) is 0 Å². The van der Waals surface area contributed by atoms with Crippen molar-refractivity contribution in [3.63, 3.8) is 0 Å². The van der Waals surface area contributed by atoms with Crippen LogP contribution in [0.1, 0.15) is 18.9 Å². The summed E-state index contributed by atoms with van der Waals surface area (Å²) in [6.45, 7) is 8.18. The molecular weight excluding hydrogens is 258 g/mol. The zero-order chi connectivity index (χ0) is 14.0. The van der Waals surface area contributed by atoms with Crippen molar-refractivity contribution in [1.29, 1.82) is 0 Å². The largest absolute Gasteiger partial charge is 0.270 e. The molecule has 1 atom stereocenters. The molecule has 1 aromatic rings. The Morgan fingerprint density at radius 3 is 2.53 bits per heavy atom. The van der Waals surface area contributed by atoms with Crippen LogP contribution in [0.15, 0.2) is 53.6 Å². The molecule has 0 spiro atoms. The van der Waals surface area contributed by atoms with E-state index in [1.807, 2.05) is 26.0 Å². The summed E-state index contributed by atoms with van der Waals surface area (Å²) in [5.74, 6) is 0.248. The lowest BCUT2D eigenvalue weighted by atomic mass is 10.1. The molecule has 0 amide bonds. The van der Waals surface area contributed by atoms with E-state index in [2.05, 4.69) is 6.58 Å². The van der Waals surface area contributed by atoms with Gasteiger partial charge >= 0.3 is 0 Å². The molecule has 1 saturated heterocycles. The van der Waals surface area contributed by atoms with E-state index in [9.17, 15) is 8.42 Å². The first-order chi connectivity index (χ1) is 8.96. The second-order valence-corrected chi connectivity index (χ2v) is 6.77. The third-order valence-corrected chi connectivity index (χ3v) is 5.30. The van der Waals surface area contributed by atoms with E-state index in [-0.39, 0.29) is 5.92 Å². The minimum Gasteiger partial charge on any atom is -0.270 e. The molecule has 0 bridgehead atoms. The molecule has 1 fully saturated rings. The first kappa shape index (κ1) is 13.9. The van der Waals surface area contributed by atoms with Gasteiger partial charge in [0.15, 0.2) is 0 Å². The molecule has 1 aromatic carbocycles. The van der Waals surface area contributed by atoms with Crippen molar-refractivity contribution < 1.29 is 8.42 Å². The SMILES string of the molecule is C=C/C=C1\C(C)CCN1S(=O)(=O)c1ccc(C)cc1. The number of hydrogen-bond donors (Lipinski definition) is 0. The molecule has 1 aliphatic rings. The van der Waals surface area contributed by atoms with Gasteiger partial charge in [0.2, 0.25) is 0 Å². The zero-order valence-electron chi connectivity index (χ0n) is 11.3. The van der Waals surface area contributed by atoms with Gasteiger partial charge in [-0.3, -0.25) is 4.31 Å². The Balaban J connectivity index is 2.42. The van der Waals surface area contributed by atoms with E-state index in [1.165, 1.54) is 4.31 Å². The van der Waals surface area contributed by atoms with Gasteiger partial charge in [0.05, 0.1) is 4.90 Å². The molecule has 0 aromatic heterocycles. The summed E-state index contributed by atoms with van der Waals surface area (Å²) in [4.78, 5) is 0.349. The highest BCUT2D eigenvalue weighted by molar-refractivity contribution is 7.89. The maximum Gasteiger partial charge on any atom is 0.264 e. The van der Waals surface area contributed by atoms with Gasteiger partial charge in [0.25, 0.3) is 10.0 Å². The Labute approximate surface area is 115 Å². The van der Waals surface area contributed by atoms with Crippen LogP contribution in [0, 0.1) is 12.8 Å². The average molecular weight is 277 g/mol. The molecule has 0 N–H and O–H groups in total. The van der Waals surface area contributed by atoms with Crippen molar-refractivity contribution >= 4 is 10.0 Å². The third-order valence-electron chi connectivity index (χ3n) is 3.46. The quantitative estimate of drug-likeness (QED) is 0.851. The van der Waals surface area contributed by atoms with Gasteiger partial charge < -0.3 is 0 Å². The smallest absolute Gasteiger partial charge is 0.264 e. The Morgan fingerprint density at radius 2 is 1.95 bits per heavy atom. The molecule has 1 aliphatic heterocycles. The van der Waals surface area contributed by atoms with Gasteiger partial charge in [-0.1, -0.05) is 37.3 Å². The van der Waals surface area contributed by atoms with Crippen LogP contribution in [0.25, 0.3) is 0 Å². The van der Waals surface area contributed by atoms with Crippen molar-refractivity contribution in [1.82, 2.24) is 4.31 Å². The molecule has 0 aliphatic carbocycles. The van der Waals surface area contributed by atoms with Crippen molar-refractivity contribution in [3.05, 3.63) is 54.3 Å². The van der Waals surface area contributed by atoms with Crippen molar-refractivity contribution in [2.75, 3.05) is 6.54 Å². The number of rotatable bonds is 3. The molecule has 1 unspecified atom stereocenters. The van der Waals surface area contributed by atoms with E-state index >= 15 is 0 Å². The fourth-order valence-electron chi connectivity index (χ4n) is 2.30. The predicted molar refractivity (Wildman–Crippen MR) is 77.1 cm³/mol. The van der Waals surface area contributed by atoms with Crippen LogP contribution >= 0.6 is 0 Å². The minimum absolute atomic E-state index is 0.248. The number of allylic oxidation sites excluding steroid dienone is 3. The van der Waals surface area contributed by atoms with Crippen LogP contribution in [-0.4, -0.2) is 19.3 Å². The second kappa shape index (κ2) is 5.21. The summed E-state index contributed by atoms with van der Waals surface area (Å²) in [6, 6.07) is 6.98. The van der Waals surface area contributed by atoms with Crippen LogP contribution in [0.5, 0.6) is 0 Å². The Kier molecular flexibility index (Phi) is 3.80. The fraction of sp³-hybridized carbons (Fsp3) is 0.333. The minimum atomic E-state index is -3.44. The number of sulfonamides is 1. The molecule has 0 saturated carbocycles. The molecule has 19 heavy (non-hydrogen) atoms. The highest BCUT2D eigenvalue weighted by atomic mass is 32.2. The third kappa shape index (κ3) is 2.59. The molecular formula is C15H19NO2S. The van der Waals surface area contributed by atoms with Crippen molar-refractivity contribution in [2.24, 2.45) is 5.92 Å². The highest BCUT2D eigenvalue weighted by Crippen LogP contribution is 2.33. The zero-order valence-corrected chi connectivity index (χ0v) is 12.2. The maximum atomic E-state index is 12.6. The monoisotopic (exact) mass is 277 g/mol. The summed E-state index contributed by atoms with van der Waals surface area (Å²) in [6.07, 6.45) is 4.29. The molecule has 3 nitrogen and oxygen atoms in total. The first-order valence-corrected chi connectivity index (χ1v) is 7.83. The van der Waals surface area contributed by atoms with E-state index in [0.717, 1.165) is 17.7 Å². The van der Waals surface area contributed by atoms with Gasteiger partial charge in [0.1, 0.15) is 0 Å². The van der Waals surface area contributed by atoms with Crippen LogP contribution in [-0.2, 0) is 10.0 Å². The van der Waals surface area contributed by atoms with Crippen LogP contribution < -0.4 is 0 Å². The van der Waals surface area contributed by atoms with E-state index in [0.29, 0.717) is 11.4 Å². The topological polar surface area (TPSA) is 37.4 Å². The lowest BCUT2D eigenvalue weighted by Crippen LogP contribution is -2.27. The summed E-state index contributed by atoms with van der Waals surface area (Å²) in [5, 5.41) is 0. The van der Waals surface area contributed by atoms with Crippen molar-refractivity contribution in [3.8, 4) is 0 Å². The summed E-state index contributed by atoms with van der Waals surface area (Å²) < 4.78 is 26.8. The second-order valence-electron chi connectivity index (χ2n) is 4.91. The number of nitrogens with zero attached hydrogens (tertiary/aromatic N) is 1.